The van der Waals surface area contributed by atoms with Gasteiger partial charge in [-0.1, -0.05) is 40.9 Å². The maximum atomic E-state index is 12.1. The summed E-state index contributed by atoms with van der Waals surface area (Å²) in [5.41, 5.74) is 0.612. The van der Waals surface area contributed by atoms with Crippen LogP contribution in [0.15, 0.2) is 22.7 Å². The molecule has 0 aromatic heterocycles. The van der Waals surface area contributed by atoms with Gasteiger partial charge in [-0.3, -0.25) is 4.79 Å². The van der Waals surface area contributed by atoms with Crippen molar-refractivity contribution < 1.29 is 4.79 Å². The van der Waals surface area contributed by atoms with E-state index in [0.29, 0.717) is 23.0 Å². The summed E-state index contributed by atoms with van der Waals surface area (Å²) in [4.78, 5) is 14.4. The number of benzene rings is 1. The Labute approximate surface area is 129 Å². The Morgan fingerprint density at radius 2 is 2.16 bits per heavy atom. The van der Waals surface area contributed by atoms with Gasteiger partial charge in [-0.25, -0.2) is 0 Å². The zero-order valence-electron chi connectivity index (χ0n) is 11.7. The first-order chi connectivity index (χ1) is 8.95. The number of nitrogens with zero attached hydrogens (tertiary/aromatic N) is 1. The van der Waals surface area contributed by atoms with Crippen LogP contribution >= 0.6 is 27.5 Å². The van der Waals surface area contributed by atoms with E-state index in [9.17, 15) is 4.79 Å². The third-order valence-electron chi connectivity index (χ3n) is 3.38. The van der Waals surface area contributed by atoms with E-state index in [1.807, 2.05) is 6.07 Å². The van der Waals surface area contributed by atoms with E-state index in [2.05, 4.69) is 41.7 Å². The molecule has 0 fully saturated rings. The Balaban J connectivity index is 2.56. The largest absolute Gasteiger partial charge is 0.303 e. The standard InChI is InChI=1S/C15H21BrClNO/c1-4-5-11(2)18(3)9-8-15(19)13-7-6-12(16)10-14(13)17/h6-7,10-11H,4-5,8-9H2,1-3H3. The van der Waals surface area contributed by atoms with Crippen molar-refractivity contribution in [1.82, 2.24) is 4.90 Å². The van der Waals surface area contributed by atoms with Gasteiger partial charge in [0.15, 0.2) is 5.78 Å². The van der Waals surface area contributed by atoms with Crippen LogP contribution in [0.3, 0.4) is 0 Å². The van der Waals surface area contributed by atoms with E-state index in [1.165, 1.54) is 0 Å². The second-order valence-corrected chi connectivity index (χ2v) is 6.24. The molecule has 0 amide bonds. The van der Waals surface area contributed by atoms with Gasteiger partial charge in [0.2, 0.25) is 0 Å². The molecule has 2 nitrogen and oxygen atoms in total. The predicted octanol–water partition coefficient (Wildman–Crippen LogP) is 4.80. The van der Waals surface area contributed by atoms with Gasteiger partial charge in [0.1, 0.15) is 0 Å². The Bertz CT molecular complexity index is 436. The first-order valence-electron chi connectivity index (χ1n) is 6.64. The van der Waals surface area contributed by atoms with Gasteiger partial charge >= 0.3 is 0 Å². The van der Waals surface area contributed by atoms with Crippen LogP contribution < -0.4 is 0 Å². The number of hydrogen-bond acceptors (Lipinski definition) is 2. The van der Waals surface area contributed by atoms with Gasteiger partial charge in [0, 0.05) is 29.0 Å². The van der Waals surface area contributed by atoms with Crippen LogP contribution in [0.1, 0.15) is 43.5 Å². The summed E-state index contributed by atoms with van der Waals surface area (Å²) in [7, 11) is 2.07. The quantitative estimate of drug-likeness (QED) is 0.661. The zero-order valence-corrected chi connectivity index (χ0v) is 14.1. The minimum absolute atomic E-state index is 0.105. The summed E-state index contributed by atoms with van der Waals surface area (Å²) >= 11 is 9.43. The fourth-order valence-electron chi connectivity index (χ4n) is 1.99. The number of halogens is 2. The fourth-order valence-corrected chi connectivity index (χ4v) is 2.77. The highest BCUT2D eigenvalue weighted by Crippen LogP contribution is 2.22. The molecule has 1 rings (SSSR count). The van der Waals surface area contributed by atoms with Crippen molar-refractivity contribution in [3.05, 3.63) is 33.3 Å². The minimum Gasteiger partial charge on any atom is -0.303 e. The fraction of sp³-hybridized carbons (Fsp3) is 0.533. The van der Waals surface area contributed by atoms with E-state index in [1.54, 1.807) is 12.1 Å². The second-order valence-electron chi connectivity index (χ2n) is 4.92. The molecule has 1 aromatic carbocycles. The molecule has 0 N–H and O–H groups in total. The molecule has 0 spiro atoms. The topological polar surface area (TPSA) is 20.3 Å². The van der Waals surface area contributed by atoms with Gasteiger partial charge in [0.25, 0.3) is 0 Å². The third-order valence-corrected chi connectivity index (χ3v) is 4.19. The Kier molecular flexibility index (Phi) is 7.05. The smallest absolute Gasteiger partial charge is 0.165 e. The molecular weight excluding hydrogens is 326 g/mol. The molecule has 0 aliphatic heterocycles. The SMILES string of the molecule is CCCC(C)N(C)CCC(=O)c1ccc(Br)cc1Cl. The summed E-state index contributed by atoms with van der Waals surface area (Å²) in [6.45, 7) is 5.14. The van der Waals surface area contributed by atoms with Gasteiger partial charge in [-0.05, 0) is 38.6 Å². The van der Waals surface area contributed by atoms with Crippen molar-refractivity contribution >= 4 is 33.3 Å². The molecule has 4 heteroatoms. The second kappa shape index (κ2) is 8.03. The molecule has 0 radical (unpaired) electrons. The molecule has 0 bridgehead atoms. The summed E-state index contributed by atoms with van der Waals surface area (Å²) in [5.74, 6) is 0.105. The maximum absolute atomic E-state index is 12.1. The highest BCUT2D eigenvalue weighted by molar-refractivity contribution is 9.10. The van der Waals surface area contributed by atoms with Crippen LogP contribution in [0.4, 0.5) is 0 Å². The first kappa shape index (κ1) is 16.7. The number of hydrogen-bond donors (Lipinski definition) is 0. The summed E-state index contributed by atoms with van der Waals surface area (Å²) < 4.78 is 0.891. The molecule has 106 valence electrons. The molecule has 0 saturated carbocycles. The molecule has 0 heterocycles. The van der Waals surface area contributed by atoms with Crippen LogP contribution in [0.2, 0.25) is 5.02 Å². The van der Waals surface area contributed by atoms with Crippen molar-refractivity contribution in [2.45, 2.75) is 39.2 Å². The molecular formula is C15H21BrClNO. The lowest BCUT2D eigenvalue weighted by Gasteiger charge is -2.23. The van der Waals surface area contributed by atoms with E-state index >= 15 is 0 Å². The Morgan fingerprint density at radius 3 is 2.74 bits per heavy atom. The molecule has 1 atom stereocenters. The number of Topliss-reactive ketones (excluding diaryl/α,β-unsaturated/α-hetero) is 1. The molecule has 0 aliphatic carbocycles. The van der Waals surface area contributed by atoms with Gasteiger partial charge in [-0.2, -0.15) is 0 Å². The molecule has 0 aliphatic rings. The van der Waals surface area contributed by atoms with Gasteiger partial charge in [0.05, 0.1) is 5.02 Å². The van der Waals surface area contributed by atoms with Crippen molar-refractivity contribution in [1.29, 1.82) is 0 Å². The van der Waals surface area contributed by atoms with Crippen LogP contribution in [0, 0.1) is 0 Å². The predicted molar refractivity (Wildman–Crippen MR) is 85.1 cm³/mol. The van der Waals surface area contributed by atoms with Crippen molar-refractivity contribution in [3.63, 3.8) is 0 Å². The van der Waals surface area contributed by atoms with E-state index in [0.717, 1.165) is 23.9 Å². The summed E-state index contributed by atoms with van der Waals surface area (Å²) in [6.07, 6.45) is 2.83. The van der Waals surface area contributed by atoms with Gasteiger partial charge in [-0.15, -0.1) is 0 Å². The van der Waals surface area contributed by atoms with E-state index in [-0.39, 0.29) is 5.78 Å². The summed E-state index contributed by atoms with van der Waals surface area (Å²) in [5, 5.41) is 0.517. The van der Waals surface area contributed by atoms with Crippen LogP contribution in [0.25, 0.3) is 0 Å². The number of ketones is 1. The molecule has 19 heavy (non-hydrogen) atoms. The first-order valence-corrected chi connectivity index (χ1v) is 7.81. The van der Waals surface area contributed by atoms with Gasteiger partial charge < -0.3 is 4.90 Å². The average Bonchev–Trinajstić information content (AvgIpc) is 2.35. The zero-order chi connectivity index (χ0) is 14.4. The van der Waals surface area contributed by atoms with Crippen molar-refractivity contribution in [2.75, 3.05) is 13.6 Å². The normalized spacial score (nSPS) is 12.7. The number of rotatable bonds is 7. The van der Waals surface area contributed by atoms with Crippen molar-refractivity contribution in [3.8, 4) is 0 Å². The molecule has 1 unspecified atom stereocenters. The minimum atomic E-state index is 0.105. The Hall–Kier alpha value is -0.380. The third kappa shape index (κ3) is 5.25. The number of carbonyl (C=O) groups excluding carboxylic acids is 1. The lowest BCUT2D eigenvalue weighted by molar-refractivity contribution is 0.0961. The lowest BCUT2D eigenvalue weighted by atomic mass is 10.1. The summed E-state index contributed by atoms with van der Waals surface area (Å²) in [6, 6.07) is 5.91. The van der Waals surface area contributed by atoms with Crippen LogP contribution in [-0.2, 0) is 0 Å². The molecule has 1 aromatic rings. The highest BCUT2D eigenvalue weighted by atomic mass is 79.9. The lowest BCUT2D eigenvalue weighted by Crippen LogP contribution is -2.31. The maximum Gasteiger partial charge on any atom is 0.165 e. The van der Waals surface area contributed by atoms with E-state index in [4.69, 9.17) is 11.6 Å². The monoisotopic (exact) mass is 345 g/mol. The Morgan fingerprint density at radius 1 is 1.47 bits per heavy atom. The molecule has 0 saturated heterocycles. The van der Waals surface area contributed by atoms with E-state index < -0.39 is 0 Å². The number of carbonyl (C=O) groups is 1. The average molecular weight is 347 g/mol. The van der Waals surface area contributed by atoms with Crippen LogP contribution in [-0.4, -0.2) is 30.3 Å². The van der Waals surface area contributed by atoms with Crippen LogP contribution in [0.5, 0.6) is 0 Å². The highest BCUT2D eigenvalue weighted by Gasteiger charge is 2.13. The van der Waals surface area contributed by atoms with Crippen molar-refractivity contribution in [2.24, 2.45) is 0 Å².